The fourth-order valence-corrected chi connectivity index (χ4v) is 1.01. The Labute approximate surface area is 83.2 Å². The Hall–Kier alpha value is -0.570. The minimum atomic E-state index is -0.329. The third kappa shape index (κ3) is 2.21. The number of ether oxygens (including phenoxy) is 1. The van der Waals surface area contributed by atoms with E-state index in [4.69, 9.17) is 4.74 Å². The Bertz CT molecular complexity index is 241. The van der Waals surface area contributed by atoms with Crippen LogP contribution >= 0.6 is 12.4 Å². The van der Waals surface area contributed by atoms with Gasteiger partial charge >= 0.3 is 11.9 Å². The predicted octanol–water partition coefficient (Wildman–Crippen LogP) is 1.69. The lowest BCUT2D eigenvalue weighted by molar-refractivity contribution is -0.164. The standard InChI is InChI=1S/C9H12O3.ClH/c1-9(4-5-9)8(11)12-7(10)6-2-3-6;/h6H,2-5H2,1H3;1H. The molecule has 2 rings (SSSR count). The van der Waals surface area contributed by atoms with Crippen LogP contribution in [0, 0.1) is 11.3 Å². The molecule has 0 aromatic heterocycles. The van der Waals surface area contributed by atoms with Crippen molar-refractivity contribution in [1.82, 2.24) is 0 Å². The molecule has 3 nitrogen and oxygen atoms in total. The van der Waals surface area contributed by atoms with Crippen molar-refractivity contribution in [3.05, 3.63) is 0 Å². The van der Waals surface area contributed by atoms with E-state index in [1.807, 2.05) is 6.92 Å². The summed E-state index contributed by atoms with van der Waals surface area (Å²) in [7, 11) is 0. The van der Waals surface area contributed by atoms with Gasteiger partial charge in [-0.2, -0.15) is 0 Å². The topological polar surface area (TPSA) is 43.4 Å². The van der Waals surface area contributed by atoms with Gasteiger partial charge in [-0.3, -0.25) is 9.59 Å². The van der Waals surface area contributed by atoms with Crippen LogP contribution in [-0.4, -0.2) is 11.9 Å². The lowest BCUT2D eigenvalue weighted by Crippen LogP contribution is -2.20. The van der Waals surface area contributed by atoms with Gasteiger partial charge in [0.1, 0.15) is 0 Å². The largest absolute Gasteiger partial charge is 0.393 e. The fraction of sp³-hybridized carbons (Fsp3) is 0.778. The third-order valence-corrected chi connectivity index (χ3v) is 2.60. The summed E-state index contributed by atoms with van der Waals surface area (Å²) in [6, 6.07) is 0. The number of carbonyl (C=O) groups excluding carboxylic acids is 2. The van der Waals surface area contributed by atoms with E-state index in [-0.39, 0.29) is 35.7 Å². The van der Waals surface area contributed by atoms with E-state index < -0.39 is 0 Å². The van der Waals surface area contributed by atoms with Crippen LogP contribution in [0.5, 0.6) is 0 Å². The first-order valence-electron chi connectivity index (χ1n) is 4.38. The van der Waals surface area contributed by atoms with E-state index >= 15 is 0 Å². The average molecular weight is 205 g/mol. The second kappa shape index (κ2) is 3.29. The second-order valence-corrected chi connectivity index (χ2v) is 4.04. The first-order valence-corrected chi connectivity index (χ1v) is 4.38. The molecule has 2 saturated carbocycles. The average Bonchev–Trinajstić information content (AvgIpc) is 2.79. The van der Waals surface area contributed by atoms with Gasteiger partial charge in [-0.1, -0.05) is 0 Å². The SMILES string of the molecule is CC1(C(=O)OC(=O)C2CC2)CC1.Cl. The van der Waals surface area contributed by atoms with Crippen LogP contribution in [0.25, 0.3) is 0 Å². The van der Waals surface area contributed by atoms with Crippen molar-refractivity contribution >= 4 is 24.3 Å². The minimum Gasteiger partial charge on any atom is -0.393 e. The highest BCUT2D eigenvalue weighted by Crippen LogP contribution is 2.46. The Morgan fingerprint density at radius 3 is 2.23 bits per heavy atom. The van der Waals surface area contributed by atoms with E-state index in [1.54, 1.807) is 0 Å². The van der Waals surface area contributed by atoms with Crippen LogP contribution in [0.15, 0.2) is 0 Å². The number of rotatable bonds is 2. The minimum absolute atomic E-state index is 0. The van der Waals surface area contributed by atoms with Crippen molar-refractivity contribution in [1.29, 1.82) is 0 Å². The van der Waals surface area contributed by atoms with Gasteiger partial charge in [0, 0.05) is 0 Å². The first-order chi connectivity index (χ1) is 5.62. The molecule has 0 bridgehead atoms. The molecular weight excluding hydrogens is 192 g/mol. The zero-order valence-electron chi connectivity index (χ0n) is 7.54. The summed E-state index contributed by atoms with van der Waals surface area (Å²) < 4.78 is 4.72. The highest BCUT2D eigenvalue weighted by Gasteiger charge is 2.48. The van der Waals surface area contributed by atoms with Crippen LogP contribution in [-0.2, 0) is 14.3 Å². The number of halogens is 1. The van der Waals surface area contributed by atoms with Crippen LogP contribution in [0.4, 0.5) is 0 Å². The quantitative estimate of drug-likeness (QED) is 0.508. The molecule has 74 valence electrons. The van der Waals surface area contributed by atoms with Crippen LogP contribution in [0.1, 0.15) is 32.6 Å². The zero-order valence-corrected chi connectivity index (χ0v) is 8.36. The maximum atomic E-state index is 11.2. The molecule has 2 aliphatic carbocycles. The van der Waals surface area contributed by atoms with Gasteiger partial charge in [-0.25, -0.2) is 0 Å². The Morgan fingerprint density at radius 2 is 1.85 bits per heavy atom. The van der Waals surface area contributed by atoms with E-state index in [1.165, 1.54) is 0 Å². The van der Waals surface area contributed by atoms with Crippen LogP contribution in [0.3, 0.4) is 0 Å². The molecule has 0 spiro atoms. The summed E-state index contributed by atoms with van der Waals surface area (Å²) in [5, 5.41) is 0. The molecule has 0 amide bonds. The molecule has 0 unspecified atom stereocenters. The third-order valence-electron chi connectivity index (χ3n) is 2.60. The molecule has 2 fully saturated rings. The molecule has 0 heterocycles. The van der Waals surface area contributed by atoms with E-state index in [2.05, 4.69) is 0 Å². The van der Waals surface area contributed by atoms with Gasteiger partial charge in [0.15, 0.2) is 0 Å². The van der Waals surface area contributed by atoms with Crippen molar-refractivity contribution in [3.8, 4) is 0 Å². The van der Waals surface area contributed by atoms with Crippen LogP contribution in [0.2, 0.25) is 0 Å². The van der Waals surface area contributed by atoms with E-state index in [0.717, 1.165) is 25.7 Å². The Balaban J connectivity index is 0.000000845. The van der Waals surface area contributed by atoms with Gasteiger partial charge in [-0.05, 0) is 32.6 Å². The van der Waals surface area contributed by atoms with Gasteiger partial charge in [0.2, 0.25) is 0 Å². The molecule has 0 aliphatic heterocycles. The number of carbonyl (C=O) groups is 2. The van der Waals surface area contributed by atoms with Crippen molar-refractivity contribution in [3.63, 3.8) is 0 Å². The number of hydrogen-bond acceptors (Lipinski definition) is 3. The summed E-state index contributed by atoms with van der Waals surface area (Å²) in [6.07, 6.45) is 3.51. The maximum Gasteiger partial charge on any atom is 0.319 e. The Morgan fingerprint density at radius 1 is 1.31 bits per heavy atom. The van der Waals surface area contributed by atoms with Crippen LogP contribution < -0.4 is 0 Å². The summed E-state index contributed by atoms with van der Waals surface area (Å²) in [6.45, 7) is 1.84. The van der Waals surface area contributed by atoms with Gasteiger partial charge in [-0.15, -0.1) is 12.4 Å². The molecule has 4 heteroatoms. The summed E-state index contributed by atoms with van der Waals surface area (Å²) in [5.41, 5.74) is -0.329. The van der Waals surface area contributed by atoms with Crippen molar-refractivity contribution in [2.24, 2.45) is 11.3 Å². The first kappa shape index (κ1) is 10.5. The normalized spacial score (nSPS) is 22.8. The van der Waals surface area contributed by atoms with E-state index in [0.29, 0.717) is 0 Å². The monoisotopic (exact) mass is 204 g/mol. The molecule has 0 aromatic rings. The molecule has 2 aliphatic rings. The lowest BCUT2D eigenvalue weighted by atomic mass is 10.1. The Kier molecular flexibility index (Phi) is 2.66. The molecule has 0 saturated heterocycles. The molecule has 13 heavy (non-hydrogen) atoms. The predicted molar refractivity (Wildman–Crippen MR) is 48.4 cm³/mol. The maximum absolute atomic E-state index is 11.2. The summed E-state index contributed by atoms with van der Waals surface area (Å²) in [4.78, 5) is 22.3. The fourth-order valence-electron chi connectivity index (χ4n) is 1.01. The molecule has 0 atom stereocenters. The summed E-state index contributed by atoms with van der Waals surface area (Å²) >= 11 is 0. The van der Waals surface area contributed by atoms with Gasteiger partial charge in [0.05, 0.1) is 11.3 Å². The van der Waals surface area contributed by atoms with Crippen molar-refractivity contribution in [2.75, 3.05) is 0 Å². The number of esters is 2. The van der Waals surface area contributed by atoms with Crippen molar-refractivity contribution < 1.29 is 14.3 Å². The summed E-state index contributed by atoms with van der Waals surface area (Å²) in [5.74, 6) is -0.608. The lowest BCUT2D eigenvalue weighted by Gasteiger charge is -2.05. The molecular formula is C9H13ClO3. The molecule has 0 N–H and O–H groups in total. The smallest absolute Gasteiger partial charge is 0.319 e. The molecule has 0 radical (unpaired) electrons. The number of hydrogen-bond donors (Lipinski definition) is 0. The highest BCUT2D eigenvalue weighted by molar-refractivity contribution is 5.91. The molecule has 0 aromatic carbocycles. The van der Waals surface area contributed by atoms with Gasteiger partial charge < -0.3 is 4.74 Å². The second-order valence-electron chi connectivity index (χ2n) is 4.04. The highest BCUT2D eigenvalue weighted by atomic mass is 35.5. The zero-order chi connectivity index (χ0) is 8.77. The van der Waals surface area contributed by atoms with Gasteiger partial charge in [0.25, 0.3) is 0 Å². The van der Waals surface area contributed by atoms with E-state index in [9.17, 15) is 9.59 Å². The van der Waals surface area contributed by atoms with Crippen molar-refractivity contribution in [2.45, 2.75) is 32.6 Å².